The lowest BCUT2D eigenvalue weighted by atomic mass is 10.0. The number of ether oxygens (including phenoxy) is 2. The summed E-state index contributed by atoms with van der Waals surface area (Å²) in [6, 6.07) is 15.4. The number of unbranched alkanes of at least 4 members (excludes halogenated alkanes) is 3. The van der Waals surface area contributed by atoms with Gasteiger partial charge in [-0.05, 0) is 36.6 Å². The van der Waals surface area contributed by atoms with E-state index in [2.05, 4.69) is 6.92 Å². The van der Waals surface area contributed by atoms with Crippen molar-refractivity contribution >= 4 is 17.4 Å². The first-order valence-electron chi connectivity index (χ1n) is 11.7. The molecule has 0 saturated heterocycles. The fourth-order valence-electron chi connectivity index (χ4n) is 4.16. The van der Waals surface area contributed by atoms with Crippen LogP contribution in [0.3, 0.4) is 0 Å². The van der Waals surface area contributed by atoms with Crippen molar-refractivity contribution in [2.75, 3.05) is 27.3 Å². The Balaban J connectivity index is 2.03. The lowest BCUT2D eigenvalue weighted by Crippen LogP contribution is -2.35. The molecule has 0 atom stereocenters. The van der Waals surface area contributed by atoms with Crippen LogP contribution in [0.4, 0.5) is 0 Å². The molecule has 3 rings (SSSR count). The SMILES string of the molecule is CCCCCCN1C(=O)C(c2ccc(OC)c(OC)c2)=C(N(CC)Cc2ccccc2)C1=O. The molecule has 1 aliphatic heterocycles. The number of imide groups is 1. The molecule has 0 fully saturated rings. The van der Waals surface area contributed by atoms with E-state index in [4.69, 9.17) is 9.47 Å². The number of hydrogen-bond acceptors (Lipinski definition) is 5. The molecule has 1 aliphatic rings. The second kappa shape index (κ2) is 11.5. The van der Waals surface area contributed by atoms with Crippen molar-refractivity contribution in [3.8, 4) is 11.5 Å². The highest BCUT2D eigenvalue weighted by Gasteiger charge is 2.41. The number of amides is 2. The van der Waals surface area contributed by atoms with E-state index in [1.165, 1.54) is 4.90 Å². The number of likely N-dealkylation sites (N-methyl/N-ethyl adjacent to an activating group) is 1. The molecular formula is C27H34N2O4. The van der Waals surface area contributed by atoms with Crippen LogP contribution in [0.5, 0.6) is 11.5 Å². The summed E-state index contributed by atoms with van der Waals surface area (Å²) >= 11 is 0. The summed E-state index contributed by atoms with van der Waals surface area (Å²) in [5.41, 5.74) is 2.62. The summed E-state index contributed by atoms with van der Waals surface area (Å²) in [4.78, 5) is 30.5. The molecule has 0 unspecified atom stereocenters. The first-order chi connectivity index (χ1) is 16.0. The van der Waals surface area contributed by atoms with Crippen LogP contribution in [0.15, 0.2) is 54.2 Å². The van der Waals surface area contributed by atoms with Gasteiger partial charge in [0.1, 0.15) is 5.70 Å². The molecule has 0 aliphatic carbocycles. The zero-order valence-corrected chi connectivity index (χ0v) is 20.1. The Kier molecular flexibility index (Phi) is 8.52. The van der Waals surface area contributed by atoms with Gasteiger partial charge in [0.15, 0.2) is 11.5 Å². The van der Waals surface area contributed by atoms with Crippen LogP contribution < -0.4 is 9.47 Å². The van der Waals surface area contributed by atoms with Crippen LogP contribution in [0.2, 0.25) is 0 Å². The van der Waals surface area contributed by atoms with Crippen LogP contribution in [0, 0.1) is 0 Å². The minimum atomic E-state index is -0.245. The van der Waals surface area contributed by atoms with Crippen LogP contribution >= 0.6 is 0 Å². The van der Waals surface area contributed by atoms with Crippen LogP contribution in [-0.2, 0) is 16.1 Å². The van der Waals surface area contributed by atoms with E-state index in [1.807, 2.05) is 48.2 Å². The monoisotopic (exact) mass is 450 g/mol. The number of rotatable bonds is 12. The van der Waals surface area contributed by atoms with E-state index in [9.17, 15) is 9.59 Å². The maximum Gasteiger partial charge on any atom is 0.277 e. The van der Waals surface area contributed by atoms with Gasteiger partial charge in [0.2, 0.25) is 0 Å². The van der Waals surface area contributed by atoms with E-state index >= 15 is 0 Å². The molecule has 0 N–H and O–H groups in total. The third-order valence-electron chi connectivity index (χ3n) is 5.97. The maximum absolute atomic E-state index is 13.6. The van der Waals surface area contributed by atoms with Crippen molar-refractivity contribution in [1.82, 2.24) is 9.80 Å². The molecule has 1 heterocycles. The van der Waals surface area contributed by atoms with Crippen LogP contribution in [0.1, 0.15) is 50.7 Å². The Morgan fingerprint density at radius 2 is 1.58 bits per heavy atom. The molecular weight excluding hydrogens is 416 g/mol. The van der Waals surface area contributed by atoms with E-state index in [1.54, 1.807) is 26.4 Å². The average molecular weight is 451 g/mol. The molecule has 2 amide bonds. The average Bonchev–Trinajstić information content (AvgIpc) is 3.09. The van der Waals surface area contributed by atoms with E-state index < -0.39 is 0 Å². The highest BCUT2D eigenvalue weighted by Crippen LogP contribution is 2.37. The summed E-state index contributed by atoms with van der Waals surface area (Å²) in [7, 11) is 3.13. The first-order valence-corrected chi connectivity index (χ1v) is 11.7. The quantitative estimate of drug-likeness (QED) is 0.341. The summed E-state index contributed by atoms with van der Waals surface area (Å²) in [6.45, 7) is 5.73. The predicted octanol–water partition coefficient (Wildman–Crippen LogP) is 4.89. The van der Waals surface area contributed by atoms with Gasteiger partial charge in [-0.1, -0.05) is 62.6 Å². The molecule has 0 radical (unpaired) electrons. The molecule has 2 aromatic carbocycles. The van der Waals surface area contributed by atoms with E-state index in [0.29, 0.717) is 48.0 Å². The number of carbonyl (C=O) groups excluding carboxylic acids is 2. The molecule has 6 nitrogen and oxygen atoms in total. The van der Waals surface area contributed by atoms with Crippen LogP contribution in [0.25, 0.3) is 5.57 Å². The Labute approximate surface area is 196 Å². The van der Waals surface area contributed by atoms with Crippen molar-refractivity contribution in [2.45, 2.75) is 46.1 Å². The molecule has 6 heteroatoms. The Hall–Kier alpha value is -3.28. The molecule has 0 spiro atoms. The summed E-state index contributed by atoms with van der Waals surface area (Å²) in [5, 5.41) is 0. The van der Waals surface area contributed by atoms with Crippen LogP contribution in [-0.4, -0.2) is 48.9 Å². The summed E-state index contributed by atoms with van der Waals surface area (Å²) < 4.78 is 10.8. The largest absolute Gasteiger partial charge is 0.493 e. The molecule has 0 aromatic heterocycles. The molecule has 176 valence electrons. The lowest BCUT2D eigenvalue weighted by molar-refractivity contribution is -0.137. The van der Waals surface area contributed by atoms with Gasteiger partial charge in [-0.15, -0.1) is 0 Å². The maximum atomic E-state index is 13.6. The third-order valence-corrected chi connectivity index (χ3v) is 5.97. The highest BCUT2D eigenvalue weighted by atomic mass is 16.5. The molecule has 33 heavy (non-hydrogen) atoms. The zero-order valence-electron chi connectivity index (χ0n) is 20.1. The van der Waals surface area contributed by atoms with E-state index in [0.717, 1.165) is 31.2 Å². The highest BCUT2D eigenvalue weighted by molar-refractivity contribution is 6.35. The Morgan fingerprint density at radius 1 is 0.848 bits per heavy atom. The summed E-state index contributed by atoms with van der Waals surface area (Å²) in [6.07, 6.45) is 4.00. The fourth-order valence-corrected chi connectivity index (χ4v) is 4.16. The zero-order chi connectivity index (χ0) is 23.8. The first kappa shape index (κ1) is 24.4. The lowest BCUT2D eigenvalue weighted by Gasteiger charge is -2.25. The number of nitrogens with zero attached hydrogens (tertiary/aromatic N) is 2. The Morgan fingerprint density at radius 3 is 2.21 bits per heavy atom. The van der Waals surface area contributed by atoms with Crippen molar-refractivity contribution < 1.29 is 19.1 Å². The normalized spacial score (nSPS) is 13.6. The standard InChI is InChI=1S/C27H34N2O4/c1-5-7-8-12-17-29-26(30)24(21-15-16-22(32-3)23(18-21)33-4)25(27(29)31)28(6-2)19-20-13-10-9-11-14-20/h9-11,13-16,18H,5-8,12,17,19H2,1-4H3. The van der Waals surface area contributed by atoms with E-state index in [-0.39, 0.29) is 11.8 Å². The molecule has 0 saturated carbocycles. The topological polar surface area (TPSA) is 59.1 Å². The van der Waals surface area contributed by atoms with Gasteiger partial charge in [-0.3, -0.25) is 14.5 Å². The van der Waals surface area contributed by atoms with Crippen molar-refractivity contribution in [3.63, 3.8) is 0 Å². The van der Waals surface area contributed by atoms with Gasteiger partial charge in [0, 0.05) is 19.6 Å². The number of benzene rings is 2. The second-order valence-electron chi connectivity index (χ2n) is 8.12. The molecule has 2 aromatic rings. The predicted molar refractivity (Wildman–Crippen MR) is 130 cm³/mol. The smallest absolute Gasteiger partial charge is 0.277 e. The fraction of sp³-hybridized carbons (Fsp3) is 0.407. The number of hydrogen-bond donors (Lipinski definition) is 0. The van der Waals surface area contributed by atoms with Crippen molar-refractivity contribution in [1.29, 1.82) is 0 Å². The second-order valence-corrected chi connectivity index (χ2v) is 8.12. The van der Waals surface area contributed by atoms with Gasteiger partial charge >= 0.3 is 0 Å². The third kappa shape index (κ3) is 5.38. The van der Waals surface area contributed by atoms with Gasteiger partial charge < -0.3 is 14.4 Å². The minimum Gasteiger partial charge on any atom is -0.493 e. The van der Waals surface area contributed by atoms with Gasteiger partial charge in [-0.25, -0.2) is 0 Å². The Bertz CT molecular complexity index is 1000. The molecule has 0 bridgehead atoms. The van der Waals surface area contributed by atoms with Gasteiger partial charge in [0.25, 0.3) is 11.8 Å². The van der Waals surface area contributed by atoms with Crippen molar-refractivity contribution in [2.24, 2.45) is 0 Å². The van der Waals surface area contributed by atoms with Crippen molar-refractivity contribution in [3.05, 3.63) is 65.4 Å². The number of carbonyl (C=O) groups is 2. The van der Waals surface area contributed by atoms with Gasteiger partial charge in [-0.2, -0.15) is 0 Å². The summed E-state index contributed by atoms with van der Waals surface area (Å²) in [5.74, 6) is 0.632. The van der Waals surface area contributed by atoms with Gasteiger partial charge in [0.05, 0.1) is 19.8 Å². The minimum absolute atomic E-state index is 0.223. The number of methoxy groups -OCH3 is 2.